The van der Waals surface area contributed by atoms with Crippen molar-refractivity contribution in [3.63, 3.8) is 0 Å². The Bertz CT molecular complexity index is 564. The van der Waals surface area contributed by atoms with E-state index in [0.717, 1.165) is 0 Å². The molecule has 19 heavy (non-hydrogen) atoms. The van der Waals surface area contributed by atoms with Gasteiger partial charge in [-0.2, -0.15) is 0 Å². The number of sulfonamides is 1. The summed E-state index contributed by atoms with van der Waals surface area (Å²) in [5.74, 6) is -0.778. The molecule has 0 fully saturated rings. The van der Waals surface area contributed by atoms with Gasteiger partial charge in [-0.05, 0) is 30.7 Å². The summed E-state index contributed by atoms with van der Waals surface area (Å²) in [6, 6.07) is 5.57. The first-order valence-corrected chi connectivity index (χ1v) is 7.27. The molecule has 0 unspecified atom stereocenters. The van der Waals surface area contributed by atoms with E-state index in [4.69, 9.17) is 0 Å². The third-order valence-electron chi connectivity index (χ3n) is 2.21. The van der Waals surface area contributed by atoms with Gasteiger partial charge in [-0.3, -0.25) is 9.59 Å². The zero-order chi connectivity index (χ0) is 14.5. The Kier molecular flexibility index (Phi) is 5.05. The molecule has 0 spiro atoms. The molecule has 0 heterocycles. The normalized spacial score (nSPS) is 10.8. The number of hydrogen-bond acceptors (Lipinski definition) is 4. The average molecular weight is 284 g/mol. The van der Waals surface area contributed by atoms with Gasteiger partial charge in [0.1, 0.15) is 0 Å². The van der Waals surface area contributed by atoms with Crippen molar-refractivity contribution in [2.75, 3.05) is 5.32 Å². The minimum absolute atomic E-state index is 0.0222. The van der Waals surface area contributed by atoms with Crippen molar-refractivity contribution < 1.29 is 18.0 Å². The van der Waals surface area contributed by atoms with E-state index in [1.807, 2.05) is 4.72 Å². The smallest absolute Gasteiger partial charge is 0.264 e. The van der Waals surface area contributed by atoms with Gasteiger partial charge >= 0.3 is 0 Å². The summed E-state index contributed by atoms with van der Waals surface area (Å²) in [5.41, 5.74) is 0.492. The lowest BCUT2D eigenvalue weighted by Gasteiger charge is -2.07. The van der Waals surface area contributed by atoms with Crippen LogP contribution in [0.4, 0.5) is 5.69 Å². The quantitative estimate of drug-likeness (QED) is 0.851. The van der Waals surface area contributed by atoms with E-state index in [1.54, 1.807) is 6.92 Å². The molecular weight excluding hydrogens is 268 g/mol. The molecule has 0 aliphatic heterocycles. The van der Waals surface area contributed by atoms with E-state index in [1.165, 1.54) is 31.2 Å². The number of anilines is 1. The largest absolute Gasteiger partial charge is 0.326 e. The van der Waals surface area contributed by atoms with E-state index < -0.39 is 15.9 Å². The fourth-order valence-corrected chi connectivity index (χ4v) is 2.42. The molecular formula is C12H16N2O4S. The van der Waals surface area contributed by atoms with Gasteiger partial charge in [-0.15, -0.1) is 0 Å². The molecule has 0 aromatic heterocycles. The van der Waals surface area contributed by atoms with Gasteiger partial charge in [0.25, 0.3) is 10.0 Å². The van der Waals surface area contributed by atoms with Crippen molar-refractivity contribution in [1.82, 2.24) is 4.72 Å². The first kappa shape index (κ1) is 15.2. The molecule has 7 heteroatoms. The van der Waals surface area contributed by atoms with Crippen LogP contribution in [0.1, 0.15) is 26.7 Å². The van der Waals surface area contributed by atoms with Gasteiger partial charge < -0.3 is 5.32 Å². The number of hydrogen-bond donors (Lipinski definition) is 2. The van der Waals surface area contributed by atoms with Crippen LogP contribution in [0.5, 0.6) is 0 Å². The van der Waals surface area contributed by atoms with E-state index in [-0.39, 0.29) is 17.2 Å². The third-order valence-corrected chi connectivity index (χ3v) is 3.60. The van der Waals surface area contributed by atoms with Crippen LogP contribution in [0.3, 0.4) is 0 Å². The summed E-state index contributed by atoms with van der Waals surface area (Å²) < 4.78 is 25.6. The monoisotopic (exact) mass is 284 g/mol. The maximum atomic E-state index is 11.8. The van der Waals surface area contributed by atoms with Crippen molar-refractivity contribution in [3.8, 4) is 0 Å². The second-order valence-electron chi connectivity index (χ2n) is 3.98. The number of nitrogens with one attached hydrogen (secondary N) is 2. The van der Waals surface area contributed by atoms with Crippen molar-refractivity contribution in [3.05, 3.63) is 24.3 Å². The molecule has 2 amide bonds. The summed E-state index contributed by atoms with van der Waals surface area (Å²) in [6.07, 6.45) is 0.728. The molecule has 0 saturated carbocycles. The molecule has 1 aromatic carbocycles. The van der Waals surface area contributed by atoms with E-state index in [0.29, 0.717) is 12.1 Å². The second-order valence-corrected chi connectivity index (χ2v) is 5.67. The van der Waals surface area contributed by atoms with Crippen molar-refractivity contribution in [2.45, 2.75) is 31.6 Å². The Morgan fingerprint density at radius 2 is 1.74 bits per heavy atom. The predicted octanol–water partition coefficient (Wildman–Crippen LogP) is 1.25. The highest BCUT2D eigenvalue weighted by Crippen LogP contribution is 2.14. The maximum Gasteiger partial charge on any atom is 0.264 e. The summed E-state index contributed by atoms with van der Waals surface area (Å²) in [7, 11) is -3.84. The van der Waals surface area contributed by atoms with E-state index >= 15 is 0 Å². The Balaban J connectivity index is 2.84. The molecule has 1 rings (SSSR count). The molecule has 0 bridgehead atoms. The second kappa shape index (κ2) is 6.33. The zero-order valence-corrected chi connectivity index (χ0v) is 11.6. The molecule has 0 radical (unpaired) electrons. The molecule has 0 atom stereocenters. The molecule has 6 nitrogen and oxygen atoms in total. The molecule has 0 aliphatic carbocycles. The Hall–Kier alpha value is -1.89. The van der Waals surface area contributed by atoms with Crippen LogP contribution in [0.25, 0.3) is 0 Å². The Morgan fingerprint density at radius 3 is 2.21 bits per heavy atom. The van der Waals surface area contributed by atoms with Crippen LogP contribution in [0.2, 0.25) is 0 Å². The van der Waals surface area contributed by atoms with Gasteiger partial charge in [0.2, 0.25) is 11.8 Å². The van der Waals surface area contributed by atoms with Gasteiger partial charge in [0, 0.05) is 19.0 Å². The van der Waals surface area contributed by atoms with Crippen LogP contribution >= 0.6 is 0 Å². The summed E-state index contributed by atoms with van der Waals surface area (Å²) in [4.78, 5) is 22.1. The SMILES string of the molecule is CCCC(=O)NS(=O)(=O)c1ccc(NC(C)=O)cc1. The minimum atomic E-state index is -3.84. The summed E-state index contributed by atoms with van der Waals surface area (Å²) in [5, 5.41) is 2.52. The highest BCUT2D eigenvalue weighted by molar-refractivity contribution is 7.90. The van der Waals surface area contributed by atoms with Crippen molar-refractivity contribution in [1.29, 1.82) is 0 Å². The Morgan fingerprint density at radius 1 is 1.16 bits per heavy atom. The van der Waals surface area contributed by atoms with Crippen LogP contribution in [0, 0.1) is 0 Å². The summed E-state index contributed by atoms with van der Waals surface area (Å²) >= 11 is 0. The van der Waals surface area contributed by atoms with Crippen molar-refractivity contribution in [2.24, 2.45) is 0 Å². The molecule has 0 aliphatic rings. The minimum Gasteiger partial charge on any atom is -0.326 e. The van der Waals surface area contributed by atoms with Gasteiger partial charge in [0.15, 0.2) is 0 Å². The lowest BCUT2D eigenvalue weighted by atomic mass is 10.3. The number of carbonyl (C=O) groups is 2. The summed E-state index contributed by atoms with van der Waals surface area (Å²) in [6.45, 7) is 3.14. The first-order chi connectivity index (χ1) is 8.85. The van der Waals surface area contributed by atoms with Crippen LogP contribution in [-0.4, -0.2) is 20.2 Å². The topological polar surface area (TPSA) is 92.3 Å². The number of carbonyl (C=O) groups excluding carboxylic acids is 2. The first-order valence-electron chi connectivity index (χ1n) is 5.78. The fourth-order valence-electron chi connectivity index (χ4n) is 1.41. The average Bonchev–Trinajstić information content (AvgIpc) is 2.28. The van der Waals surface area contributed by atoms with Gasteiger partial charge in [0.05, 0.1) is 4.90 Å². The zero-order valence-electron chi connectivity index (χ0n) is 10.8. The van der Waals surface area contributed by atoms with E-state index in [2.05, 4.69) is 5.32 Å². The molecule has 2 N–H and O–H groups in total. The van der Waals surface area contributed by atoms with Gasteiger partial charge in [-0.25, -0.2) is 13.1 Å². The lowest BCUT2D eigenvalue weighted by Crippen LogP contribution is -2.30. The third kappa shape index (κ3) is 4.70. The van der Waals surface area contributed by atoms with Gasteiger partial charge in [-0.1, -0.05) is 6.92 Å². The molecule has 1 aromatic rings. The predicted molar refractivity (Wildman–Crippen MR) is 71.0 cm³/mol. The number of benzene rings is 1. The van der Waals surface area contributed by atoms with Crippen LogP contribution < -0.4 is 10.0 Å². The fraction of sp³-hybridized carbons (Fsp3) is 0.333. The molecule has 104 valence electrons. The van der Waals surface area contributed by atoms with Crippen LogP contribution in [-0.2, 0) is 19.6 Å². The van der Waals surface area contributed by atoms with E-state index in [9.17, 15) is 18.0 Å². The maximum absolute atomic E-state index is 11.8. The lowest BCUT2D eigenvalue weighted by molar-refractivity contribution is -0.119. The number of rotatable bonds is 5. The number of amides is 2. The highest BCUT2D eigenvalue weighted by atomic mass is 32.2. The standard InChI is InChI=1S/C12H16N2O4S/c1-3-4-12(16)14-19(17,18)11-7-5-10(6-8-11)13-9(2)15/h5-8H,3-4H2,1-2H3,(H,13,15)(H,14,16). The van der Waals surface area contributed by atoms with Crippen molar-refractivity contribution >= 4 is 27.5 Å². The highest BCUT2D eigenvalue weighted by Gasteiger charge is 2.16. The molecule has 0 saturated heterocycles. The van der Waals surface area contributed by atoms with Crippen LogP contribution in [0.15, 0.2) is 29.2 Å². The Labute approximate surface area is 112 Å².